The third-order valence-electron chi connectivity index (χ3n) is 3.90. The molecule has 6 nitrogen and oxygen atoms in total. The molecule has 1 fully saturated rings. The molecule has 1 aromatic rings. The Morgan fingerprint density at radius 3 is 2.48 bits per heavy atom. The van der Waals surface area contributed by atoms with E-state index in [1.165, 1.54) is 6.92 Å². The zero-order valence-electron chi connectivity index (χ0n) is 13.9. The number of hydrogen-bond donors (Lipinski definition) is 1. The lowest BCUT2D eigenvalue weighted by molar-refractivity contribution is -0.133. The van der Waals surface area contributed by atoms with Gasteiger partial charge in [0.25, 0.3) is 0 Å². The van der Waals surface area contributed by atoms with E-state index in [9.17, 15) is 9.59 Å². The molecule has 0 radical (unpaired) electrons. The second-order valence-corrected chi connectivity index (χ2v) is 5.81. The fourth-order valence-corrected chi connectivity index (χ4v) is 2.45. The average molecular weight is 319 g/mol. The van der Waals surface area contributed by atoms with E-state index in [-0.39, 0.29) is 18.4 Å². The van der Waals surface area contributed by atoms with Gasteiger partial charge in [0, 0.05) is 38.8 Å². The molecular weight excluding hydrogens is 294 g/mol. The van der Waals surface area contributed by atoms with E-state index in [4.69, 9.17) is 4.74 Å². The Morgan fingerprint density at radius 1 is 1.22 bits per heavy atom. The van der Waals surface area contributed by atoms with Crippen molar-refractivity contribution in [3.8, 4) is 0 Å². The van der Waals surface area contributed by atoms with Gasteiger partial charge in [-0.25, -0.2) is 0 Å². The molecule has 23 heavy (non-hydrogen) atoms. The molecule has 0 atom stereocenters. The molecule has 6 heteroatoms. The summed E-state index contributed by atoms with van der Waals surface area (Å²) in [6, 6.07) is 7.60. The highest BCUT2D eigenvalue weighted by Gasteiger charge is 2.16. The normalized spacial score (nSPS) is 15.2. The van der Waals surface area contributed by atoms with Crippen molar-refractivity contribution in [2.45, 2.75) is 13.8 Å². The number of aryl methyl sites for hydroxylation is 1. The molecule has 1 aliphatic heterocycles. The van der Waals surface area contributed by atoms with Crippen LogP contribution in [-0.4, -0.2) is 67.6 Å². The summed E-state index contributed by atoms with van der Waals surface area (Å²) in [5.74, 6) is -0.261. The SMILES string of the molecule is CC(=O)N(CCN1CCOCC1)CC(=O)Nc1ccc(C)cc1. The molecule has 2 rings (SSSR count). The molecule has 1 N–H and O–H groups in total. The Bertz CT molecular complexity index is 524. The molecule has 126 valence electrons. The first-order valence-corrected chi connectivity index (χ1v) is 7.97. The van der Waals surface area contributed by atoms with Gasteiger partial charge in [0.05, 0.1) is 19.8 Å². The maximum absolute atomic E-state index is 12.1. The van der Waals surface area contributed by atoms with Crippen molar-refractivity contribution >= 4 is 17.5 Å². The summed E-state index contributed by atoms with van der Waals surface area (Å²) in [6.45, 7) is 8.10. The number of nitrogens with one attached hydrogen (secondary N) is 1. The summed E-state index contributed by atoms with van der Waals surface area (Å²) in [7, 11) is 0. The number of amides is 2. The highest BCUT2D eigenvalue weighted by molar-refractivity contribution is 5.94. The van der Waals surface area contributed by atoms with E-state index in [1.807, 2.05) is 31.2 Å². The van der Waals surface area contributed by atoms with Gasteiger partial charge in [-0.15, -0.1) is 0 Å². The van der Waals surface area contributed by atoms with Gasteiger partial charge < -0.3 is 15.0 Å². The zero-order chi connectivity index (χ0) is 16.7. The fraction of sp³-hybridized carbons (Fsp3) is 0.529. The summed E-state index contributed by atoms with van der Waals surface area (Å²) in [5, 5.41) is 2.83. The topological polar surface area (TPSA) is 61.9 Å². The monoisotopic (exact) mass is 319 g/mol. The van der Waals surface area contributed by atoms with Crippen LogP contribution in [0.25, 0.3) is 0 Å². The summed E-state index contributed by atoms with van der Waals surface area (Å²) >= 11 is 0. The summed E-state index contributed by atoms with van der Waals surface area (Å²) < 4.78 is 5.31. The van der Waals surface area contributed by atoms with Gasteiger partial charge in [-0.1, -0.05) is 17.7 Å². The Labute approximate surface area is 137 Å². The maximum atomic E-state index is 12.1. The molecular formula is C17H25N3O3. The Morgan fingerprint density at radius 2 is 1.87 bits per heavy atom. The second kappa shape index (κ2) is 8.64. The van der Waals surface area contributed by atoms with Gasteiger partial charge in [-0.05, 0) is 19.1 Å². The molecule has 2 amide bonds. The predicted octanol–water partition coefficient (Wildman–Crippen LogP) is 1.11. The van der Waals surface area contributed by atoms with E-state index >= 15 is 0 Å². The van der Waals surface area contributed by atoms with E-state index in [0.717, 1.165) is 44.1 Å². The lowest BCUT2D eigenvalue weighted by Gasteiger charge is -2.29. The molecule has 0 bridgehead atoms. The lowest BCUT2D eigenvalue weighted by Crippen LogP contribution is -2.44. The molecule has 0 aromatic heterocycles. The van der Waals surface area contributed by atoms with Crippen LogP contribution in [0.15, 0.2) is 24.3 Å². The van der Waals surface area contributed by atoms with Crippen molar-refractivity contribution in [3.05, 3.63) is 29.8 Å². The van der Waals surface area contributed by atoms with Gasteiger partial charge in [-0.2, -0.15) is 0 Å². The molecule has 0 saturated carbocycles. The van der Waals surface area contributed by atoms with Crippen LogP contribution in [-0.2, 0) is 14.3 Å². The number of carbonyl (C=O) groups is 2. The molecule has 0 spiro atoms. The molecule has 1 heterocycles. The molecule has 1 saturated heterocycles. The first kappa shape index (κ1) is 17.4. The Hall–Kier alpha value is -1.92. The van der Waals surface area contributed by atoms with Gasteiger partial charge >= 0.3 is 0 Å². The van der Waals surface area contributed by atoms with Crippen molar-refractivity contribution in [2.75, 3.05) is 51.3 Å². The van der Waals surface area contributed by atoms with Crippen molar-refractivity contribution in [3.63, 3.8) is 0 Å². The van der Waals surface area contributed by atoms with Gasteiger partial charge in [-0.3, -0.25) is 14.5 Å². The van der Waals surface area contributed by atoms with Crippen molar-refractivity contribution in [1.29, 1.82) is 0 Å². The minimum absolute atomic E-state index is 0.0769. The van der Waals surface area contributed by atoms with Crippen LogP contribution in [0.2, 0.25) is 0 Å². The Kier molecular flexibility index (Phi) is 6.55. The summed E-state index contributed by atoms with van der Waals surface area (Å²) in [5.41, 5.74) is 1.89. The number of anilines is 1. The number of benzene rings is 1. The van der Waals surface area contributed by atoms with E-state index in [0.29, 0.717) is 6.54 Å². The number of carbonyl (C=O) groups excluding carboxylic acids is 2. The minimum Gasteiger partial charge on any atom is -0.379 e. The van der Waals surface area contributed by atoms with Crippen LogP contribution in [0.1, 0.15) is 12.5 Å². The van der Waals surface area contributed by atoms with Crippen molar-refractivity contribution in [1.82, 2.24) is 9.80 Å². The molecule has 1 aromatic carbocycles. The summed E-state index contributed by atoms with van der Waals surface area (Å²) in [6.07, 6.45) is 0. The van der Waals surface area contributed by atoms with Crippen LogP contribution >= 0.6 is 0 Å². The van der Waals surface area contributed by atoms with Crippen LogP contribution in [0.4, 0.5) is 5.69 Å². The third kappa shape index (κ3) is 6.00. The number of ether oxygens (including phenoxy) is 1. The highest BCUT2D eigenvalue weighted by Crippen LogP contribution is 2.08. The first-order chi connectivity index (χ1) is 11.0. The maximum Gasteiger partial charge on any atom is 0.243 e. The molecule has 0 unspecified atom stereocenters. The standard InChI is InChI=1S/C17H25N3O3/c1-14-3-5-16(6-4-14)18-17(22)13-20(15(2)21)8-7-19-9-11-23-12-10-19/h3-6H,7-13H2,1-2H3,(H,18,22). The predicted molar refractivity (Wildman–Crippen MR) is 89.3 cm³/mol. The van der Waals surface area contributed by atoms with E-state index < -0.39 is 0 Å². The largest absolute Gasteiger partial charge is 0.379 e. The summed E-state index contributed by atoms with van der Waals surface area (Å²) in [4.78, 5) is 27.7. The number of hydrogen-bond acceptors (Lipinski definition) is 4. The van der Waals surface area contributed by atoms with Crippen LogP contribution in [0, 0.1) is 6.92 Å². The van der Waals surface area contributed by atoms with E-state index in [1.54, 1.807) is 4.90 Å². The quantitative estimate of drug-likeness (QED) is 0.853. The van der Waals surface area contributed by atoms with Crippen LogP contribution in [0.3, 0.4) is 0 Å². The third-order valence-corrected chi connectivity index (χ3v) is 3.90. The fourth-order valence-electron chi connectivity index (χ4n) is 2.45. The van der Waals surface area contributed by atoms with Gasteiger partial charge in [0.15, 0.2) is 0 Å². The number of rotatable bonds is 6. The van der Waals surface area contributed by atoms with Crippen LogP contribution in [0.5, 0.6) is 0 Å². The van der Waals surface area contributed by atoms with E-state index in [2.05, 4.69) is 10.2 Å². The first-order valence-electron chi connectivity index (χ1n) is 7.97. The smallest absolute Gasteiger partial charge is 0.243 e. The minimum atomic E-state index is -0.175. The second-order valence-electron chi connectivity index (χ2n) is 5.81. The lowest BCUT2D eigenvalue weighted by atomic mass is 10.2. The number of nitrogens with zero attached hydrogens (tertiary/aromatic N) is 2. The molecule has 1 aliphatic rings. The van der Waals surface area contributed by atoms with Crippen LogP contribution < -0.4 is 5.32 Å². The van der Waals surface area contributed by atoms with Gasteiger partial charge in [0.1, 0.15) is 0 Å². The van der Waals surface area contributed by atoms with Crippen molar-refractivity contribution < 1.29 is 14.3 Å². The average Bonchev–Trinajstić information content (AvgIpc) is 2.54. The van der Waals surface area contributed by atoms with Crippen molar-refractivity contribution in [2.24, 2.45) is 0 Å². The zero-order valence-corrected chi connectivity index (χ0v) is 13.9. The molecule has 0 aliphatic carbocycles. The highest BCUT2D eigenvalue weighted by atomic mass is 16.5. The Balaban J connectivity index is 1.81. The van der Waals surface area contributed by atoms with Gasteiger partial charge in [0.2, 0.25) is 11.8 Å². The number of morpholine rings is 1.